The number of amides is 3. The monoisotopic (exact) mass is 596 g/mol. The number of sulfonamides is 1. The van der Waals surface area contributed by atoms with Gasteiger partial charge in [-0.2, -0.15) is 4.31 Å². The van der Waals surface area contributed by atoms with Gasteiger partial charge < -0.3 is 19.9 Å². The number of hydrogen-bond donors (Lipinski definition) is 1. The highest BCUT2D eigenvalue weighted by Gasteiger charge is 2.32. The molecule has 3 amide bonds. The average Bonchev–Trinajstić information content (AvgIpc) is 3.33. The number of ether oxygens (including phenoxy) is 1. The summed E-state index contributed by atoms with van der Waals surface area (Å²) < 4.78 is 33.2. The van der Waals surface area contributed by atoms with Crippen LogP contribution in [-0.2, 0) is 40.7 Å². The predicted molar refractivity (Wildman–Crippen MR) is 156 cm³/mol. The predicted octanol–water partition coefficient (Wildman–Crippen LogP) is 3.96. The Morgan fingerprint density at radius 2 is 1.68 bits per heavy atom. The van der Waals surface area contributed by atoms with E-state index in [0.717, 1.165) is 21.6 Å². The molecular formula is C29H32N4O6S2. The Bertz CT molecular complexity index is 1600. The average molecular weight is 597 g/mol. The van der Waals surface area contributed by atoms with Crippen molar-refractivity contribution in [2.75, 3.05) is 39.1 Å². The van der Waals surface area contributed by atoms with Crippen molar-refractivity contribution in [1.82, 2.24) is 14.1 Å². The van der Waals surface area contributed by atoms with E-state index < -0.39 is 22.0 Å². The standard InChI is InChI=1S/C29H32N4O6S2/c1-4-39-29(36)32-15-14-23-24(18-32)40-27(25(23)28(35)31(2)3)30-26(34)20-9-11-22(12-10-20)41(37,38)33-16-13-19-7-5-6-8-21(19)17-33/h5-12H,4,13-18H2,1-3H3,(H,30,34). The van der Waals surface area contributed by atoms with Crippen molar-refractivity contribution in [3.8, 4) is 0 Å². The minimum absolute atomic E-state index is 0.113. The summed E-state index contributed by atoms with van der Waals surface area (Å²) in [5.41, 5.74) is 3.63. The molecule has 3 aromatic rings. The maximum Gasteiger partial charge on any atom is 0.410 e. The Morgan fingerprint density at radius 3 is 2.37 bits per heavy atom. The van der Waals surface area contributed by atoms with Gasteiger partial charge in [0.05, 0.1) is 23.6 Å². The van der Waals surface area contributed by atoms with Crippen molar-refractivity contribution in [2.24, 2.45) is 0 Å². The van der Waals surface area contributed by atoms with Gasteiger partial charge >= 0.3 is 6.09 Å². The normalized spacial score (nSPS) is 15.0. The Hall–Kier alpha value is -3.74. The smallest absolute Gasteiger partial charge is 0.410 e. The van der Waals surface area contributed by atoms with E-state index >= 15 is 0 Å². The molecule has 12 heteroatoms. The molecule has 41 heavy (non-hydrogen) atoms. The van der Waals surface area contributed by atoms with Crippen LogP contribution in [0.25, 0.3) is 0 Å². The maximum absolute atomic E-state index is 13.3. The SMILES string of the molecule is CCOC(=O)N1CCc2c(sc(NC(=O)c3ccc(S(=O)(=O)N4CCc5ccccc5C4)cc3)c2C(=O)N(C)C)C1. The Kier molecular flexibility index (Phi) is 8.16. The Morgan fingerprint density at radius 1 is 0.976 bits per heavy atom. The fourth-order valence-electron chi connectivity index (χ4n) is 5.09. The molecule has 2 aliphatic rings. The first-order chi connectivity index (χ1) is 19.6. The highest BCUT2D eigenvalue weighted by Crippen LogP contribution is 2.38. The second-order valence-electron chi connectivity index (χ2n) is 10.1. The van der Waals surface area contributed by atoms with Gasteiger partial charge in [0.15, 0.2) is 0 Å². The van der Waals surface area contributed by atoms with Crippen molar-refractivity contribution in [3.05, 3.63) is 81.2 Å². The summed E-state index contributed by atoms with van der Waals surface area (Å²) in [4.78, 5) is 42.6. The van der Waals surface area contributed by atoms with Crippen LogP contribution in [0.1, 0.15) is 49.2 Å². The molecule has 5 rings (SSSR count). The maximum atomic E-state index is 13.3. The fraction of sp³-hybridized carbons (Fsp3) is 0.345. The number of carbonyl (C=O) groups excluding carboxylic acids is 3. The van der Waals surface area contributed by atoms with Gasteiger partial charge in [-0.3, -0.25) is 9.59 Å². The molecule has 10 nitrogen and oxygen atoms in total. The van der Waals surface area contributed by atoms with Gasteiger partial charge in [-0.15, -0.1) is 11.3 Å². The van der Waals surface area contributed by atoms with Crippen LogP contribution in [-0.4, -0.2) is 74.2 Å². The minimum atomic E-state index is -3.74. The summed E-state index contributed by atoms with van der Waals surface area (Å²) in [6.45, 7) is 3.40. The Balaban J connectivity index is 1.35. The van der Waals surface area contributed by atoms with Crippen molar-refractivity contribution in [2.45, 2.75) is 37.8 Å². The van der Waals surface area contributed by atoms with Crippen LogP contribution in [0.3, 0.4) is 0 Å². The quantitative estimate of drug-likeness (QED) is 0.461. The lowest BCUT2D eigenvalue weighted by Crippen LogP contribution is -2.36. The summed E-state index contributed by atoms with van der Waals surface area (Å²) in [7, 11) is -0.452. The number of thiophene rings is 1. The fourth-order valence-corrected chi connectivity index (χ4v) is 7.76. The van der Waals surface area contributed by atoms with E-state index in [1.807, 2.05) is 24.3 Å². The van der Waals surface area contributed by atoms with E-state index in [4.69, 9.17) is 4.74 Å². The molecule has 0 atom stereocenters. The van der Waals surface area contributed by atoms with Crippen LogP contribution in [0.5, 0.6) is 0 Å². The molecule has 0 saturated heterocycles. The van der Waals surface area contributed by atoms with Crippen molar-refractivity contribution >= 4 is 44.3 Å². The second-order valence-corrected chi connectivity index (χ2v) is 13.2. The number of nitrogens with one attached hydrogen (secondary N) is 1. The van der Waals surface area contributed by atoms with Crippen molar-refractivity contribution < 1.29 is 27.5 Å². The molecule has 2 aromatic carbocycles. The van der Waals surface area contributed by atoms with Gasteiger partial charge in [-0.1, -0.05) is 24.3 Å². The molecule has 2 aliphatic heterocycles. The van der Waals surface area contributed by atoms with E-state index in [-0.39, 0.29) is 29.5 Å². The largest absolute Gasteiger partial charge is 0.450 e. The molecule has 1 N–H and O–H groups in total. The molecule has 0 unspecified atom stereocenters. The molecule has 1 aromatic heterocycles. The molecule has 0 fully saturated rings. The Labute approximate surface area is 243 Å². The summed E-state index contributed by atoms with van der Waals surface area (Å²) in [5.74, 6) is -0.707. The minimum Gasteiger partial charge on any atom is -0.450 e. The molecular weight excluding hydrogens is 564 g/mol. The molecule has 0 bridgehead atoms. The molecule has 216 valence electrons. The summed E-state index contributed by atoms with van der Waals surface area (Å²) in [6, 6.07) is 13.6. The van der Waals surface area contributed by atoms with Gasteiger partial charge in [0.1, 0.15) is 5.00 Å². The van der Waals surface area contributed by atoms with Crippen LogP contribution in [0.2, 0.25) is 0 Å². The molecule has 3 heterocycles. The van der Waals surface area contributed by atoms with Gasteiger partial charge in [0.25, 0.3) is 11.8 Å². The van der Waals surface area contributed by atoms with Gasteiger partial charge in [0.2, 0.25) is 10.0 Å². The van der Waals surface area contributed by atoms with Gasteiger partial charge in [-0.05, 0) is 60.7 Å². The summed E-state index contributed by atoms with van der Waals surface area (Å²) in [6.07, 6.45) is 0.691. The second kappa shape index (κ2) is 11.6. The lowest BCUT2D eigenvalue weighted by atomic mass is 10.0. The van der Waals surface area contributed by atoms with Crippen LogP contribution >= 0.6 is 11.3 Å². The molecule has 0 radical (unpaired) electrons. The van der Waals surface area contributed by atoms with E-state index in [0.29, 0.717) is 43.0 Å². The van der Waals surface area contributed by atoms with Gasteiger partial charge in [-0.25, -0.2) is 13.2 Å². The number of nitrogens with zero attached hydrogens (tertiary/aromatic N) is 3. The third-order valence-corrected chi connectivity index (χ3v) is 10.3. The molecule has 0 spiro atoms. The van der Waals surface area contributed by atoms with Crippen molar-refractivity contribution in [1.29, 1.82) is 0 Å². The molecule has 0 aliphatic carbocycles. The summed E-state index contributed by atoms with van der Waals surface area (Å²) >= 11 is 1.26. The van der Waals surface area contributed by atoms with Crippen LogP contribution in [0.15, 0.2) is 53.4 Å². The van der Waals surface area contributed by atoms with Crippen molar-refractivity contribution in [3.63, 3.8) is 0 Å². The number of anilines is 1. The van der Waals surface area contributed by atoms with E-state index in [1.54, 1.807) is 25.9 Å². The first-order valence-electron chi connectivity index (χ1n) is 13.4. The number of benzene rings is 2. The first kappa shape index (κ1) is 28.8. The zero-order valence-corrected chi connectivity index (χ0v) is 24.8. The topological polar surface area (TPSA) is 116 Å². The van der Waals surface area contributed by atoms with Crippen LogP contribution in [0.4, 0.5) is 9.80 Å². The van der Waals surface area contributed by atoms with E-state index in [2.05, 4.69) is 5.32 Å². The first-order valence-corrected chi connectivity index (χ1v) is 15.6. The molecule has 0 saturated carbocycles. The van der Waals surface area contributed by atoms with Crippen LogP contribution < -0.4 is 5.32 Å². The van der Waals surface area contributed by atoms with Crippen LogP contribution in [0, 0.1) is 0 Å². The van der Waals surface area contributed by atoms with E-state index in [1.165, 1.54) is 44.8 Å². The number of rotatable bonds is 6. The highest BCUT2D eigenvalue weighted by molar-refractivity contribution is 7.89. The third kappa shape index (κ3) is 5.72. The number of fused-ring (bicyclic) bond motifs is 2. The van der Waals surface area contributed by atoms with Gasteiger partial charge in [0, 0.05) is 44.2 Å². The third-order valence-electron chi connectivity index (χ3n) is 7.28. The highest BCUT2D eigenvalue weighted by atomic mass is 32.2. The zero-order chi connectivity index (χ0) is 29.3. The van der Waals surface area contributed by atoms with E-state index in [9.17, 15) is 22.8 Å². The lowest BCUT2D eigenvalue weighted by Gasteiger charge is -2.28. The lowest BCUT2D eigenvalue weighted by molar-refractivity contribution is 0.0827. The number of hydrogen-bond acceptors (Lipinski definition) is 7. The summed E-state index contributed by atoms with van der Waals surface area (Å²) in [5, 5.41) is 3.26. The zero-order valence-electron chi connectivity index (χ0n) is 23.2. The number of carbonyl (C=O) groups is 3.